The van der Waals surface area contributed by atoms with Gasteiger partial charge >= 0.3 is 0 Å². The van der Waals surface area contributed by atoms with Gasteiger partial charge in [-0.25, -0.2) is 4.98 Å². The highest BCUT2D eigenvalue weighted by atomic mass is 16.3. The summed E-state index contributed by atoms with van der Waals surface area (Å²) < 4.78 is 5.76. The van der Waals surface area contributed by atoms with Crippen molar-refractivity contribution in [3.05, 3.63) is 48.0 Å². The fourth-order valence-electron chi connectivity index (χ4n) is 2.65. The van der Waals surface area contributed by atoms with Crippen LogP contribution >= 0.6 is 0 Å². The van der Waals surface area contributed by atoms with Gasteiger partial charge in [0.15, 0.2) is 5.58 Å². The SMILES string of the molecule is CCCCCCc1ccc2oc(-c3ccccc3O)nc2c1. The molecule has 3 nitrogen and oxygen atoms in total. The molecule has 3 aromatic rings. The van der Waals surface area contributed by atoms with E-state index >= 15 is 0 Å². The summed E-state index contributed by atoms with van der Waals surface area (Å²) in [5, 5.41) is 9.91. The molecule has 1 aromatic heterocycles. The van der Waals surface area contributed by atoms with Crippen molar-refractivity contribution >= 4 is 11.1 Å². The molecule has 2 aromatic carbocycles. The second-order valence-electron chi connectivity index (χ2n) is 5.65. The average Bonchev–Trinajstić information content (AvgIpc) is 2.95. The van der Waals surface area contributed by atoms with E-state index in [1.54, 1.807) is 12.1 Å². The van der Waals surface area contributed by atoms with Crippen LogP contribution < -0.4 is 0 Å². The van der Waals surface area contributed by atoms with Crippen LogP contribution in [0.2, 0.25) is 0 Å². The second kappa shape index (κ2) is 6.65. The van der Waals surface area contributed by atoms with Crippen molar-refractivity contribution in [2.45, 2.75) is 39.0 Å². The van der Waals surface area contributed by atoms with E-state index in [-0.39, 0.29) is 5.75 Å². The van der Waals surface area contributed by atoms with Crippen LogP contribution in [0.25, 0.3) is 22.6 Å². The number of fused-ring (bicyclic) bond motifs is 1. The standard InChI is InChI=1S/C19H21NO2/c1-2-3-4-5-8-14-11-12-18-16(13-14)20-19(22-18)15-9-6-7-10-17(15)21/h6-7,9-13,21H,2-5,8H2,1H3. The Morgan fingerprint density at radius 3 is 2.73 bits per heavy atom. The smallest absolute Gasteiger partial charge is 0.231 e. The first-order valence-electron chi connectivity index (χ1n) is 7.96. The molecule has 114 valence electrons. The number of rotatable bonds is 6. The Morgan fingerprint density at radius 1 is 1.05 bits per heavy atom. The Morgan fingerprint density at radius 2 is 1.91 bits per heavy atom. The zero-order chi connectivity index (χ0) is 15.4. The highest BCUT2D eigenvalue weighted by Crippen LogP contribution is 2.31. The van der Waals surface area contributed by atoms with E-state index in [1.165, 1.54) is 31.2 Å². The third-order valence-electron chi connectivity index (χ3n) is 3.91. The van der Waals surface area contributed by atoms with Crippen LogP contribution in [0.5, 0.6) is 5.75 Å². The molecule has 22 heavy (non-hydrogen) atoms. The molecule has 0 atom stereocenters. The molecule has 3 heteroatoms. The first kappa shape index (κ1) is 14.6. The summed E-state index contributed by atoms with van der Waals surface area (Å²) in [4.78, 5) is 4.52. The van der Waals surface area contributed by atoms with E-state index in [0.29, 0.717) is 11.5 Å². The molecule has 0 radical (unpaired) electrons. The number of phenolic OH excluding ortho intramolecular Hbond substituents is 1. The van der Waals surface area contributed by atoms with Crippen LogP contribution in [0, 0.1) is 0 Å². The first-order valence-corrected chi connectivity index (χ1v) is 7.96. The molecule has 0 aliphatic heterocycles. The molecular formula is C19H21NO2. The number of unbranched alkanes of at least 4 members (excludes halogenated alkanes) is 3. The topological polar surface area (TPSA) is 46.3 Å². The van der Waals surface area contributed by atoms with Gasteiger partial charge in [-0.05, 0) is 42.7 Å². The quantitative estimate of drug-likeness (QED) is 0.626. The zero-order valence-electron chi connectivity index (χ0n) is 12.9. The summed E-state index contributed by atoms with van der Waals surface area (Å²) in [6.45, 7) is 2.22. The lowest BCUT2D eigenvalue weighted by Crippen LogP contribution is -1.85. The summed E-state index contributed by atoms with van der Waals surface area (Å²) in [6.07, 6.45) is 6.12. The lowest BCUT2D eigenvalue weighted by Gasteiger charge is -2.00. The molecule has 0 aliphatic carbocycles. The number of nitrogens with zero attached hydrogens (tertiary/aromatic N) is 1. The summed E-state index contributed by atoms with van der Waals surface area (Å²) in [6, 6.07) is 13.3. The highest BCUT2D eigenvalue weighted by Gasteiger charge is 2.11. The van der Waals surface area contributed by atoms with Gasteiger partial charge in [0.05, 0.1) is 5.56 Å². The maximum atomic E-state index is 9.91. The van der Waals surface area contributed by atoms with E-state index < -0.39 is 0 Å². The number of aromatic nitrogens is 1. The van der Waals surface area contributed by atoms with Crippen LogP contribution in [0.3, 0.4) is 0 Å². The van der Waals surface area contributed by atoms with Crippen molar-refractivity contribution in [3.8, 4) is 17.2 Å². The predicted octanol–water partition coefficient (Wildman–Crippen LogP) is 5.32. The Bertz CT molecular complexity index is 761. The summed E-state index contributed by atoms with van der Waals surface area (Å²) in [5.41, 5.74) is 3.53. The monoisotopic (exact) mass is 295 g/mol. The van der Waals surface area contributed by atoms with Crippen LogP contribution in [0.1, 0.15) is 38.2 Å². The van der Waals surface area contributed by atoms with Crippen LogP contribution in [-0.2, 0) is 6.42 Å². The molecule has 0 bridgehead atoms. The summed E-state index contributed by atoms with van der Waals surface area (Å²) >= 11 is 0. The van der Waals surface area contributed by atoms with Crippen molar-refractivity contribution in [2.75, 3.05) is 0 Å². The highest BCUT2D eigenvalue weighted by molar-refractivity contribution is 5.78. The van der Waals surface area contributed by atoms with Crippen LogP contribution in [0.15, 0.2) is 46.9 Å². The molecule has 0 unspecified atom stereocenters. The minimum Gasteiger partial charge on any atom is -0.507 e. The van der Waals surface area contributed by atoms with E-state index in [1.807, 2.05) is 18.2 Å². The molecular weight excluding hydrogens is 274 g/mol. The number of hydrogen-bond acceptors (Lipinski definition) is 3. The van der Waals surface area contributed by atoms with E-state index in [9.17, 15) is 5.11 Å². The molecule has 0 saturated carbocycles. The minimum absolute atomic E-state index is 0.189. The zero-order valence-corrected chi connectivity index (χ0v) is 12.9. The van der Waals surface area contributed by atoms with Gasteiger partial charge in [0.25, 0.3) is 0 Å². The molecule has 0 amide bonds. The van der Waals surface area contributed by atoms with Crippen molar-refractivity contribution in [2.24, 2.45) is 0 Å². The molecule has 1 heterocycles. The second-order valence-corrected chi connectivity index (χ2v) is 5.65. The molecule has 0 saturated heterocycles. The van der Waals surface area contributed by atoms with Gasteiger partial charge < -0.3 is 9.52 Å². The largest absolute Gasteiger partial charge is 0.507 e. The fourth-order valence-corrected chi connectivity index (χ4v) is 2.65. The number of para-hydroxylation sites is 1. The lowest BCUT2D eigenvalue weighted by molar-refractivity contribution is 0.474. The van der Waals surface area contributed by atoms with Gasteiger partial charge in [-0.3, -0.25) is 0 Å². The minimum atomic E-state index is 0.189. The van der Waals surface area contributed by atoms with Gasteiger partial charge in [-0.1, -0.05) is 44.4 Å². The van der Waals surface area contributed by atoms with E-state index in [0.717, 1.165) is 17.5 Å². The summed E-state index contributed by atoms with van der Waals surface area (Å²) in [5.74, 6) is 0.657. The molecule has 3 rings (SSSR count). The van der Waals surface area contributed by atoms with Crippen molar-refractivity contribution < 1.29 is 9.52 Å². The third kappa shape index (κ3) is 3.14. The number of aromatic hydroxyl groups is 1. The van der Waals surface area contributed by atoms with Gasteiger partial charge in [-0.15, -0.1) is 0 Å². The number of benzene rings is 2. The molecule has 0 aliphatic rings. The number of phenols is 1. The number of hydrogen-bond donors (Lipinski definition) is 1. The molecule has 1 N–H and O–H groups in total. The Balaban J connectivity index is 1.83. The van der Waals surface area contributed by atoms with Crippen LogP contribution in [0.4, 0.5) is 0 Å². The van der Waals surface area contributed by atoms with Gasteiger partial charge in [0.2, 0.25) is 5.89 Å². The van der Waals surface area contributed by atoms with Crippen molar-refractivity contribution in [1.29, 1.82) is 0 Å². The number of oxazole rings is 1. The number of aryl methyl sites for hydroxylation is 1. The maximum Gasteiger partial charge on any atom is 0.231 e. The van der Waals surface area contributed by atoms with Crippen molar-refractivity contribution in [3.63, 3.8) is 0 Å². The maximum absolute atomic E-state index is 9.91. The lowest BCUT2D eigenvalue weighted by atomic mass is 10.1. The average molecular weight is 295 g/mol. The molecule has 0 spiro atoms. The van der Waals surface area contributed by atoms with Gasteiger partial charge in [0, 0.05) is 0 Å². The van der Waals surface area contributed by atoms with Crippen LogP contribution in [-0.4, -0.2) is 10.1 Å². The van der Waals surface area contributed by atoms with E-state index in [4.69, 9.17) is 4.42 Å². The normalized spacial score (nSPS) is 11.1. The predicted molar refractivity (Wildman–Crippen MR) is 89.0 cm³/mol. The van der Waals surface area contributed by atoms with Crippen molar-refractivity contribution in [1.82, 2.24) is 4.98 Å². The Hall–Kier alpha value is -2.29. The first-order chi connectivity index (χ1) is 10.8. The van der Waals surface area contributed by atoms with Gasteiger partial charge in [-0.2, -0.15) is 0 Å². The molecule has 0 fully saturated rings. The Kier molecular flexibility index (Phi) is 4.42. The van der Waals surface area contributed by atoms with Gasteiger partial charge in [0.1, 0.15) is 11.3 Å². The van der Waals surface area contributed by atoms with E-state index in [2.05, 4.69) is 24.0 Å². The summed E-state index contributed by atoms with van der Waals surface area (Å²) in [7, 11) is 0. The third-order valence-corrected chi connectivity index (χ3v) is 3.91. The Labute approximate surface area is 130 Å². The fraction of sp³-hybridized carbons (Fsp3) is 0.316.